The normalized spacial score (nSPS) is 14.7. The van der Waals surface area contributed by atoms with Crippen LogP contribution in [0.4, 0.5) is 0 Å². The Labute approximate surface area is 204 Å². The average Bonchev–Trinajstić information content (AvgIpc) is 2.83. The van der Waals surface area contributed by atoms with Gasteiger partial charge in [-0.15, -0.1) is 0 Å². The molecule has 1 saturated heterocycles. The lowest BCUT2D eigenvalue weighted by molar-refractivity contribution is 0.0934. The Hall–Kier alpha value is -2.70. The van der Waals surface area contributed by atoms with Crippen molar-refractivity contribution >= 4 is 11.8 Å². The van der Waals surface area contributed by atoms with Crippen molar-refractivity contribution in [3.05, 3.63) is 69.8 Å². The predicted molar refractivity (Wildman–Crippen MR) is 139 cm³/mol. The zero-order valence-corrected chi connectivity index (χ0v) is 21.2. The Kier molecular flexibility index (Phi) is 9.66. The molecule has 184 valence electrons. The van der Waals surface area contributed by atoms with E-state index in [0.29, 0.717) is 13.1 Å². The number of hydrogen-bond acceptors (Lipinski definition) is 4. The number of hydrogen-bond donors (Lipinski definition) is 2. The largest absolute Gasteiger partial charge is 0.352 e. The highest BCUT2D eigenvalue weighted by Gasteiger charge is 2.16. The van der Waals surface area contributed by atoms with Crippen LogP contribution in [-0.4, -0.2) is 74.0 Å². The molecule has 1 aliphatic heterocycles. The number of rotatable bonds is 10. The summed E-state index contributed by atoms with van der Waals surface area (Å²) in [5.41, 5.74) is 6.18. The maximum Gasteiger partial charge on any atom is 0.251 e. The number of nitrogens with one attached hydrogen (secondary N) is 2. The summed E-state index contributed by atoms with van der Waals surface area (Å²) in [7, 11) is 0. The lowest BCUT2D eigenvalue weighted by Crippen LogP contribution is -2.47. The van der Waals surface area contributed by atoms with Crippen molar-refractivity contribution in [3.63, 3.8) is 0 Å². The van der Waals surface area contributed by atoms with Crippen molar-refractivity contribution in [1.29, 1.82) is 0 Å². The number of piperazine rings is 1. The van der Waals surface area contributed by atoms with E-state index in [1.54, 1.807) is 0 Å². The van der Waals surface area contributed by atoms with Gasteiger partial charge in [0.15, 0.2) is 0 Å². The number of amides is 2. The molecule has 2 aromatic carbocycles. The molecule has 34 heavy (non-hydrogen) atoms. The molecule has 6 heteroatoms. The Morgan fingerprint density at radius 2 is 1.03 bits per heavy atom. The second-order valence-electron chi connectivity index (χ2n) is 9.50. The summed E-state index contributed by atoms with van der Waals surface area (Å²) < 4.78 is 0. The quantitative estimate of drug-likeness (QED) is 0.529. The molecule has 0 bridgehead atoms. The molecule has 1 aliphatic rings. The van der Waals surface area contributed by atoms with Crippen molar-refractivity contribution in [2.75, 3.05) is 52.4 Å². The second kappa shape index (κ2) is 12.7. The van der Waals surface area contributed by atoms with Gasteiger partial charge in [-0.25, -0.2) is 0 Å². The van der Waals surface area contributed by atoms with Crippen LogP contribution in [0.25, 0.3) is 0 Å². The van der Waals surface area contributed by atoms with E-state index in [1.165, 1.54) is 11.1 Å². The molecule has 0 unspecified atom stereocenters. The van der Waals surface area contributed by atoms with Gasteiger partial charge in [0.25, 0.3) is 11.8 Å². The number of carbonyl (C=O) groups is 2. The molecule has 0 saturated carbocycles. The van der Waals surface area contributed by atoms with Gasteiger partial charge in [-0.05, 0) is 100 Å². The first-order chi connectivity index (χ1) is 16.3. The van der Waals surface area contributed by atoms with Crippen LogP contribution in [0, 0.1) is 27.7 Å². The van der Waals surface area contributed by atoms with Crippen LogP contribution < -0.4 is 10.6 Å². The van der Waals surface area contributed by atoms with Gasteiger partial charge in [-0.2, -0.15) is 0 Å². The zero-order valence-electron chi connectivity index (χ0n) is 21.2. The van der Waals surface area contributed by atoms with Gasteiger partial charge in [-0.1, -0.05) is 12.1 Å². The van der Waals surface area contributed by atoms with E-state index < -0.39 is 0 Å². The molecule has 2 amide bonds. The third-order valence-corrected chi connectivity index (χ3v) is 6.88. The van der Waals surface area contributed by atoms with E-state index in [0.717, 1.165) is 74.4 Å². The minimum absolute atomic E-state index is 0.0116. The smallest absolute Gasteiger partial charge is 0.251 e. The monoisotopic (exact) mass is 464 g/mol. The van der Waals surface area contributed by atoms with E-state index >= 15 is 0 Å². The first-order valence-electron chi connectivity index (χ1n) is 12.5. The van der Waals surface area contributed by atoms with Gasteiger partial charge in [0.1, 0.15) is 0 Å². The lowest BCUT2D eigenvalue weighted by atomic mass is 10.1. The molecule has 2 aromatic rings. The third kappa shape index (κ3) is 7.67. The molecule has 2 N–H and O–H groups in total. The number of benzene rings is 2. The van der Waals surface area contributed by atoms with E-state index in [2.05, 4.69) is 34.3 Å². The number of nitrogens with zero attached hydrogens (tertiary/aromatic N) is 2. The summed E-state index contributed by atoms with van der Waals surface area (Å²) >= 11 is 0. The van der Waals surface area contributed by atoms with E-state index in [9.17, 15) is 9.59 Å². The molecular formula is C28H40N4O2. The Bertz CT molecular complexity index is 901. The third-order valence-electron chi connectivity index (χ3n) is 6.88. The standard InChI is InChI=1S/C28H40N4O2/c1-21-7-9-25(19-23(21)3)27(33)29-11-5-13-31-15-17-32(18-16-31)14-6-12-30-28(34)26-10-8-22(2)24(4)20-26/h7-10,19-20H,5-6,11-18H2,1-4H3,(H,29,33)(H,30,34). The van der Waals surface area contributed by atoms with Crippen molar-refractivity contribution < 1.29 is 9.59 Å². The van der Waals surface area contributed by atoms with Gasteiger partial charge >= 0.3 is 0 Å². The van der Waals surface area contributed by atoms with Gasteiger partial charge in [0.05, 0.1) is 0 Å². The molecule has 1 fully saturated rings. The molecular weight excluding hydrogens is 424 g/mol. The zero-order chi connectivity index (χ0) is 24.5. The maximum atomic E-state index is 12.3. The van der Waals surface area contributed by atoms with Crippen LogP contribution in [-0.2, 0) is 0 Å². The molecule has 1 heterocycles. The molecule has 0 aromatic heterocycles. The molecule has 0 spiro atoms. The second-order valence-corrected chi connectivity index (χ2v) is 9.50. The van der Waals surface area contributed by atoms with Crippen LogP contribution in [0.1, 0.15) is 55.8 Å². The van der Waals surface area contributed by atoms with Crippen LogP contribution in [0.3, 0.4) is 0 Å². The van der Waals surface area contributed by atoms with Gasteiger partial charge < -0.3 is 20.4 Å². The van der Waals surface area contributed by atoms with Crippen LogP contribution in [0.2, 0.25) is 0 Å². The minimum Gasteiger partial charge on any atom is -0.352 e. The Morgan fingerprint density at radius 3 is 1.38 bits per heavy atom. The average molecular weight is 465 g/mol. The molecule has 3 rings (SSSR count). The summed E-state index contributed by atoms with van der Waals surface area (Å²) in [5.74, 6) is 0.0232. The summed E-state index contributed by atoms with van der Waals surface area (Å²) in [5, 5.41) is 6.09. The number of aryl methyl sites for hydroxylation is 4. The van der Waals surface area contributed by atoms with Crippen molar-refractivity contribution in [2.45, 2.75) is 40.5 Å². The van der Waals surface area contributed by atoms with Crippen LogP contribution in [0.15, 0.2) is 36.4 Å². The SMILES string of the molecule is Cc1ccc(C(=O)NCCCN2CCN(CCCNC(=O)c3ccc(C)c(C)c3)CC2)cc1C. The highest BCUT2D eigenvalue weighted by Crippen LogP contribution is 2.11. The van der Waals surface area contributed by atoms with Crippen LogP contribution in [0.5, 0.6) is 0 Å². The molecule has 0 radical (unpaired) electrons. The van der Waals surface area contributed by atoms with Gasteiger partial charge in [-0.3, -0.25) is 9.59 Å². The summed E-state index contributed by atoms with van der Waals surface area (Å²) in [4.78, 5) is 29.6. The molecule has 0 atom stereocenters. The van der Waals surface area contributed by atoms with E-state index in [-0.39, 0.29) is 11.8 Å². The highest BCUT2D eigenvalue weighted by atomic mass is 16.2. The van der Waals surface area contributed by atoms with Crippen molar-refractivity contribution in [1.82, 2.24) is 20.4 Å². The minimum atomic E-state index is 0.0116. The summed E-state index contributed by atoms with van der Waals surface area (Å²) in [6.07, 6.45) is 1.92. The first-order valence-corrected chi connectivity index (χ1v) is 12.5. The lowest BCUT2D eigenvalue weighted by Gasteiger charge is -2.34. The highest BCUT2D eigenvalue weighted by molar-refractivity contribution is 5.94. The van der Waals surface area contributed by atoms with E-state index in [4.69, 9.17) is 0 Å². The van der Waals surface area contributed by atoms with Gasteiger partial charge in [0, 0.05) is 50.4 Å². The van der Waals surface area contributed by atoms with Crippen molar-refractivity contribution in [3.8, 4) is 0 Å². The summed E-state index contributed by atoms with van der Waals surface area (Å²) in [6, 6.07) is 11.7. The fourth-order valence-corrected chi connectivity index (χ4v) is 4.22. The fraction of sp³-hybridized carbons (Fsp3) is 0.500. The predicted octanol–water partition coefficient (Wildman–Crippen LogP) is 3.48. The number of carbonyl (C=O) groups excluding carboxylic acids is 2. The topological polar surface area (TPSA) is 64.7 Å². The first kappa shape index (κ1) is 25.9. The van der Waals surface area contributed by atoms with Gasteiger partial charge in [0.2, 0.25) is 0 Å². The Morgan fingerprint density at radius 1 is 0.647 bits per heavy atom. The van der Waals surface area contributed by atoms with Crippen LogP contribution >= 0.6 is 0 Å². The Balaban J connectivity index is 1.24. The molecule has 0 aliphatic carbocycles. The molecule has 6 nitrogen and oxygen atoms in total. The fourth-order valence-electron chi connectivity index (χ4n) is 4.22. The van der Waals surface area contributed by atoms with E-state index in [1.807, 2.05) is 50.2 Å². The maximum absolute atomic E-state index is 12.3. The summed E-state index contributed by atoms with van der Waals surface area (Å²) in [6.45, 7) is 15.8. The van der Waals surface area contributed by atoms with Crippen molar-refractivity contribution in [2.24, 2.45) is 0 Å².